The van der Waals surface area contributed by atoms with E-state index in [-0.39, 0.29) is 0 Å². The number of nitrogens with zero attached hydrogens (tertiary/aromatic N) is 3. The lowest BCUT2D eigenvalue weighted by Crippen LogP contribution is -2.25. The number of hydrogen-bond acceptors (Lipinski definition) is 2. The fraction of sp³-hybridized carbons (Fsp3) is 0.0185. The molecule has 1 aromatic heterocycles. The molecule has 0 aliphatic heterocycles. The van der Waals surface area contributed by atoms with E-state index in [0.717, 1.165) is 50.3 Å². The lowest BCUT2D eigenvalue weighted by atomic mass is 9.70. The van der Waals surface area contributed by atoms with Crippen molar-refractivity contribution in [2.24, 2.45) is 0 Å². The van der Waals surface area contributed by atoms with Crippen molar-refractivity contribution in [1.29, 1.82) is 0 Å². The van der Waals surface area contributed by atoms with Gasteiger partial charge in [-0.1, -0.05) is 170 Å². The summed E-state index contributed by atoms with van der Waals surface area (Å²) in [6.07, 6.45) is 0. The molecule has 0 saturated heterocycles. The van der Waals surface area contributed by atoms with Gasteiger partial charge in [-0.2, -0.15) is 0 Å². The van der Waals surface area contributed by atoms with Gasteiger partial charge >= 0.3 is 0 Å². The van der Waals surface area contributed by atoms with Crippen LogP contribution >= 0.6 is 0 Å². The predicted octanol–water partition coefficient (Wildman–Crippen LogP) is 13.7. The summed E-state index contributed by atoms with van der Waals surface area (Å²) < 4.78 is 0. The van der Waals surface area contributed by atoms with Crippen LogP contribution in [-0.4, -0.2) is 9.97 Å². The molecule has 0 N–H and O–H groups in total. The number of hydrogen-bond donors (Lipinski definition) is 0. The standard InChI is InChI=1S/C54H33N3/c1-55-42-27-29-49-46(33-42)45-28-26-39(32-50(45)54(49)47-24-10-8-22-43(47)44-23-9-11-25-48(44)54)38-19-13-21-41(31-38)53-56-51(36-16-6-3-7-17-36)34-52(57-53)40-20-12-18-37(30-40)35-14-4-2-5-15-35/h2-34H. The number of rotatable bonds is 5. The summed E-state index contributed by atoms with van der Waals surface area (Å²) in [5, 5.41) is 0. The molecule has 0 saturated carbocycles. The molecule has 9 aromatic rings. The van der Waals surface area contributed by atoms with E-state index in [1.165, 1.54) is 44.5 Å². The molecule has 264 valence electrons. The number of aromatic nitrogens is 2. The van der Waals surface area contributed by atoms with Crippen molar-refractivity contribution in [3.05, 3.63) is 234 Å². The molecule has 2 aliphatic carbocycles. The Kier molecular flexibility index (Phi) is 7.45. The van der Waals surface area contributed by atoms with Crippen molar-refractivity contribution in [1.82, 2.24) is 9.97 Å². The number of benzene rings is 8. The summed E-state index contributed by atoms with van der Waals surface area (Å²) in [4.78, 5) is 14.3. The van der Waals surface area contributed by atoms with Gasteiger partial charge in [-0.25, -0.2) is 14.8 Å². The van der Waals surface area contributed by atoms with Crippen LogP contribution in [0.3, 0.4) is 0 Å². The average Bonchev–Trinajstić information content (AvgIpc) is 3.76. The zero-order valence-electron chi connectivity index (χ0n) is 30.9. The van der Waals surface area contributed by atoms with Crippen LogP contribution in [0.2, 0.25) is 0 Å². The van der Waals surface area contributed by atoms with E-state index in [9.17, 15) is 0 Å². The molecule has 0 amide bonds. The number of fused-ring (bicyclic) bond motifs is 10. The van der Waals surface area contributed by atoms with Crippen LogP contribution < -0.4 is 0 Å². The van der Waals surface area contributed by atoms with Crippen molar-refractivity contribution in [2.75, 3.05) is 0 Å². The Labute approximate surface area is 332 Å². The Morgan fingerprint density at radius 3 is 1.54 bits per heavy atom. The second kappa shape index (κ2) is 13.0. The molecular weight excluding hydrogens is 691 g/mol. The van der Waals surface area contributed by atoms with Crippen molar-refractivity contribution in [3.63, 3.8) is 0 Å². The lowest BCUT2D eigenvalue weighted by Gasteiger charge is -2.30. The second-order valence-corrected chi connectivity index (χ2v) is 14.8. The smallest absolute Gasteiger partial charge is 0.187 e. The fourth-order valence-corrected chi connectivity index (χ4v) is 9.19. The highest BCUT2D eigenvalue weighted by Gasteiger charge is 2.51. The molecular formula is C54H33N3. The van der Waals surface area contributed by atoms with Gasteiger partial charge in [-0.15, -0.1) is 0 Å². The van der Waals surface area contributed by atoms with Gasteiger partial charge in [0.1, 0.15) is 0 Å². The van der Waals surface area contributed by atoms with E-state index in [4.69, 9.17) is 16.5 Å². The maximum atomic E-state index is 7.85. The van der Waals surface area contributed by atoms with E-state index in [0.29, 0.717) is 11.5 Å². The lowest BCUT2D eigenvalue weighted by molar-refractivity contribution is 0.794. The van der Waals surface area contributed by atoms with Crippen LogP contribution in [0.4, 0.5) is 5.69 Å². The molecule has 0 unspecified atom stereocenters. The van der Waals surface area contributed by atoms with Gasteiger partial charge in [0.05, 0.1) is 23.4 Å². The van der Waals surface area contributed by atoms with Crippen LogP contribution in [-0.2, 0) is 5.41 Å². The third-order valence-corrected chi connectivity index (χ3v) is 11.7. The highest BCUT2D eigenvalue weighted by atomic mass is 14.9. The molecule has 0 fully saturated rings. The Hall–Kier alpha value is -7.67. The molecule has 2 aliphatic rings. The van der Waals surface area contributed by atoms with Gasteiger partial charge in [0.25, 0.3) is 0 Å². The van der Waals surface area contributed by atoms with Crippen molar-refractivity contribution < 1.29 is 0 Å². The monoisotopic (exact) mass is 723 g/mol. The van der Waals surface area contributed by atoms with Crippen LogP contribution in [0.5, 0.6) is 0 Å². The zero-order valence-corrected chi connectivity index (χ0v) is 30.9. The van der Waals surface area contributed by atoms with Crippen molar-refractivity contribution in [3.8, 4) is 78.4 Å². The first-order chi connectivity index (χ1) is 28.2. The van der Waals surface area contributed by atoms with E-state index in [1.807, 2.05) is 18.2 Å². The molecule has 0 bridgehead atoms. The van der Waals surface area contributed by atoms with Crippen molar-refractivity contribution in [2.45, 2.75) is 5.41 Å². The topological polar surface area (TPSA) is 30.1 Å². The SMILES string of the molecule is [C-]#[N+]c1ccc2c(c1)-c1ccc(-c3cccc(-c4nc(-c5ccccc5)cc(-c5cccc(-c6ccccc6)c5)n4)c3)cc1C21c2ccccc2-c2ccccc21. The van der Waals surface area contributed by atoms with E-state index in [1.54, 1.807) is 0 Å². The van der Waals surface area contributed by atoms with Crippen molar-refractivity contribution >= 4 is 5.69 Å². The molecule has 57 heavy (non-hydrogen) atoms. The van der Waals surface area contributed by atoms with Gasteiger partial charge in [0.15, 0.2) is 11.5 Å². The fourth-order valence-electron chi connectivity index (χ4n) is 9.19. The minimum Gasteiger partial charge on any atom is -0.238 e. The minimum absolute atomic E-state index is 0.498. The van der Waals surface area contributed by atoms with E-state index in [2.05, 4.69) is 187 Å². The summed E-state index contributed by atoms with van der Waals surface area (Å²) in [6, 6.07) is 70.9. The Balaban J connectivity index is 1.07. The first-order valence-electron chi connectivity index (χ1n) is 19.3. The molecule has 1 heterocycles. The highest BCUT2D eigenvalue weighted by Crippen LogP contribution is 2.63. The second-order valence-electron chi connectivity index (χ2n) is 14.8. The van der Waals surface area contributed by atoms with Crippen LogP contribution in [0, 0.1) is 6.57 Å². The normalized spacial score (nSPS) is 12.7. The van der Waals surface area contributed by atoms with Gasteiger partial charge in [-0.3, -0.25) is 0 Å². The Bertz CT molecular complexity index is 3040. The van der Waals surface area contributed by atoms with E-state index < -0.39 is 5.41 Å². The molecule has 3 heteroatoms. The van der Waals surface area contributed by atoms with Gasteiger partial charge < -0.3 is 0 Å². The molecule has 0 radical (unpaired) electrons. The van der Waals surface area contributed by atoms with Crippen LogP contribution in [0.1, 0.15) is 22.3 Å². The quantitative estimate of drug-likeness (QED) is 0.166. The summed E-state index contributed by atoms with van der Waals surface area (Å²) in [7, 11) is 0. The molecule has 8 aromatic carbocycles. The molecule has 1 spiro atoms. The molecule has 0 atom stereocenters. The molecule has 11 rings (SSSR count). The van der Waals surface area contributed by atoms with Gasteiger partial charge in [0.2, 0.25) is 0 Å². The summed E-state index contributed by atoms with van der Waals surface area (Å²) >= 11 is 0. The molecule has 3 nitrogen and oxygen atoms in total. The highest BCUT2D eigenvalue weighted by molar-refractivity contribution is 5.96. The maximum absolute atomic E-state index is 7.85. The first-order valence-corrected chi connectivity index (χ1v) is 19.3. The first kappa shape index (κ1) is 32.7. The van der Waals surface area contributed by atoms with E-state index >= 15 is 0 Å². The predicted molar refractivity (Wildman–Crippen MR) is 232 cm³/mol. The van der Waals surface area contributed by atoms with Crippen LogP contribution in [0.15, 0.2) is 200 Å². The zero-order chi connectivity index (χ0) is 37.9. The largest absolute Gasteiger partial charge is 0.238 e. The van der Waals surface area contributed by atoms with Crippen LogP contribution in [0.25, 0.3) is 83.3 Å². The third kappa shape index (κ3) is 5.12. The summed E-state index contributed by atoms with van der Waals surface area (Å²) in [6.45, 7) is 7.85. The summed E-state index contributed by atoms with van der Waals surface area (Å²) in [5.41, 5.74) is 19.3. The summed E-state index contributed by atoms with van der Waals surface area (Å²) in [5.74, 6) is 0.675. The average molecular weight is 724 g/mol. The van der Waals surface area contributed by atoms with Gasteiger partial charge in [-0.05, 0) is 97.1 Å². The van der Waals surface area contributed by atoms with Gasteiger partial charge in [0, 0.05) is 16.7 Å². The Morgan fingerprint density at radius 1 is 0.333 bits per heavy atom. The maximum Gasteiger partial charge on any atom is 0.187 e. The minimum atomic E-state index is -0.498. The third-order valence-electron chi connectivity index (χ3n) is 11.7. The Morgan fingerprint density at radius 2 is 0.842 bits per heavy atom.